The molecule has 2 aromatic rings. The van der Waals surface area contributed by atoms with E-state index in [4.69, 9.17) is 29.3 Å². The topological polar surface area (TPSA) is 140 Å². The molecule has 0 atom stereocenters. The molecule has 1 amide bonds. The Morgan fingerprint density at radius 1 is 0.897 bits per heavy atom. The molecule has 39 heavy (non-hydrogen) atoms. The summed E-state index contributed by atoms with van der Waals surface area (Å²) in [5, 5.41) is 24.9. The highest BCUT2D eigenvalue weighted by Crippen LogP contribution is 2.37. The number of methoxy groups -OCH3 is 2. The fourth-order valence-electron chi connectivity index (χ4n) is 4.77. The second-order valence-corrected chi connectivity index (χ2v) is 9.27. The fourth-order valence-corrected chi connectivity index (χ4v) is 4.77. The van der Waals surface area contributed by atoms with Gasteiger partial charge in [0.2, 0.25) is 11.7 Å². The van der Waals surface area contributed by atoms with E-state index in [2.05, 4.69) is 4.90 Å². The number of carbonyl (C=O) groups is 3. The van der Waals surface area contributed by atoms with Gasteiger partial charge in [0.1, 0.15) is 5.82 Å². The molecule has 0 bridgehead atoms. The second kappa shape index (κ2) is 13.7. The number of anilines is 1. The van der Waals surface area contributed by atoms with Crippen LogP contribution < -0.4 is 14.4 Å². The Morgan fingerprint density at radius 3 is 1.92 bits per heavy atom. The molecule has 2 saturated heterocycles. The highest BCUT2D eigenvalue weighted by atomic mass is 19.1. The van der Waals surface area contributed by atoms with Gasteiger partial charge in [-0.3, -0.25) is 9.69 Å². The van der Waals surface area contributed by atoms with Crippen LogP contribution in [0.2, 0.25) is 0 Å². The van der Waals surface area contributed by atoms with E-state index >= 15 is 0 Å². The van der Waals surface area contributed by atoms with Crippen molar-refractivity contribution < 1.29 is 43.6 Å². The maximum absolute atomic E-state index is 14.1. The number of ether oxygens (including phenoxy) is 2. The normalized spacial score (nSPS) is 16.2. The summed E-state index contributed by atoms with van der Waals surface area (Å²) in [5.74, 6) is -2.82. The van der Waals surface area contributed by atoms with E-state index in [1.54, 1.807) is 12.1 Å². The number of phenols is 1. The lowest BCUT2D eigenvalue weighted by Gasteiger charge is -2.39. The van der Waals surface area contributed by atoms with Gasteiger partial charge in [0.15, 0.2) is 11.5 Å². The fraction of sp³-hybridized carbons (Fsp3) is 0.444. The molecule has 0 radical (unpaired) electrons. The quantitative estimate of drug-likeness (QED) is 0.462. The number of carboxylic acids is 2. The average Bonchev–Trinajstić information content (AvgIpc) is 2.94. The Kier molecular flexibility index (Phi) is 10.3. The van der Waals surface area contributed by atoms with Gasteiger partial charge in [-0.05, 0) is 55.8 Å². The Hall–Kier alpha value is -4.06. The minimum absolute atomic E-state index is 0.00292. The number of benzene rings is 2. The van der Waals surface area contributed by atoms with Crippen LogP contribution in [0.3, 0.4) is 0 Å². The number of piperidine rings is 1. The van der Waals surface area contributed by atoms with E-state index < -0.39 is 11.9 Å². The first-order valence-electron chi connectivity index (χ1n) is 12.5. The molecule has 4 rings (SSSR count). The Balaban J connectivity index is 0.000000631. The number of carboxylic acid groups (broad SMARTS) is 2. The molecule has 0 aliphatic carbocycles. The third-order valence-corrected chi connectivity index (χ3v) is 6.85. The van der Waals surface area contributed by atoms with Crippen molar-refractivity contribution in [2.24, 2.45) is 5.92 Å². The van der Waals surface area contributed by atoms with Crippen LogP contribution in [0.15, 0.2) is 36.4 Å². The molecule has 11 nitrogen and oxygen atoms in total. The van der Waals surface area contributed by atoms with Crippen molar-refractivity contribution in [1.29, 1.82) is 0 Å². The molecule has 2 aromatic carbocycles. The molecule has 0 aromatic heterocycles. The minimum atomic E-state index is -1.82. The number of phenolic OH excluding ortho intramolecular Hbond substituents is 1. The van der Waals surface area contributed by atoms with Crippen molar-refractivity contribution in [3.05, 3.63) is 47.8 Å². The summed E-state index contributed by atoms with van der Waals surface area (Å²) in [5.41, 5.74) is 1.61. The van der Waals surface area contributed by atoms with Gasteiger partial charge in [0.25, 0.3) is 0 Å². The second-order valence-electron chi connectivity index (χ2n) is 9.27. The third-order valence-electron chi connectivity index (χ3n) is 6.85. The monoisotopic (exact) mass is 547 g/mol. The zero-order valence-electron chi connectivity index (χ0n) is 22.0. The number of rotatable bonds is 6. The van der Waals surface area contributed by atoms with Crippen molar-refractivity contribution in [1.82, 2.24) is 9.80 Å². The lowest BCUT2D eigenvalue weighted by Crippen LogP contribution is -2.51. The van der Waals surface area contributed by atoms with Crippen molar-refractivity contribution in [2.45, 2.75) is 19.4 Å². The van der Waals surface area contributed by atoms with E-state index in [-0.39, 0.29) is 23.4 Å². The van der Waals surface area contributed by atoms with Gasteiger partial charge in [-0.1, -0.05) is 12.1 Å². The van der Waals surface area contributed by atoms with E-state index in [1.807, 2.05) is 28.0 Å². The van der Waals surface area contributed by atoms with Gasteiger partial charge in [0.05, 0.1) is 19.9 Å². The maximum atomic E-state index is 14.1. The molecule has 12 heteroatoms. The predicted molar refractivity (Wildman–Crippen MR) is 140 cm³/mol. The van der Waals surface area contributed by atoms with Gasteiger partial charge in [-0.15, -0.1) is 0 Å². The number of hydrogen-bond acceptors (Lipinski definition) is 8. The van der Waals surface area contributed by atoms with Crippen molar-refractivity contribution in [3.8, 4) is 17.2 Å². The SMILES string of the molecule is COc1cc(CN2CCC(C(=O)N3CCN(c4ccccc4F)CC3)CC2)cc(OC)c1O.O=C(O)C(=O)O. The van der Waals surface area contributed by atoms with E-state index in [0.29, 0.717) is 49.9 Å². The Bertz CT molecular complexity index is 1120. The average molecular weight is 548 g/mol. The van der Waals surface area contributed by atoms with Gasteiger partial charge in [-0.2, -0.15) is 0 Å². The summed E-state index contributed by atoms with van der Waals surface area (Å²) in [4.78, 5) is 37.6. The van der Waals surface area contributed by atoms with Gasteiger partial charge in [-0.25, -0.2) is 14.0 Å². The molecule has 3 N–H and O–H groups in total. The molecule has 2 aliphatic heterocycles. The highest BCUT2D eigenvalue weighted by Gasteiger charge is 2.31. The molecule has 2 aliphatic rings. The molecule has 0 saturated carbocycles. The molecule has 0 unspecified atom stereocenters. The summed E-state index contributed by atoms with van der Waals surface area (Å²) in [7, 11) is 3.04. The third kappa shape index (κ3) is 7.73. The lowest BCUT2D eigenvalue weighted by atomic mass is 9.94. The van der Waals surface area contributed by atoms with Gasteiger partial charge < -0.3 is 34.6 Å². The van der Waals surface area contributed by atoms with Crippen LogP contribution >= 0.6 is 0 Å². The number of likely N-dealkylation sites (tertiary alicyclic amines) is 1. The number of halogens is 1. The van der Waals surface area contributed by atoms with Crippen LogP contribution in [0.5, 0.6) is 17.2 Å². The first kappa shape index (κ1) is 29.5. The standard InChI is InChI=1S/C25H32FN3O4.C2H2O4/c1-32-22-15-18(16-23(33-2)24(22)30)17-27-9-7-19(8-10-27)25(31)29-13-11-28(12-14-29)21-6-4-3-5-20(21)26;3-1(4)2(5)6/h3-6,15-16,19,30H,7-14,17H2,1-2H3;(H,3,4)(H,5,6). The maximum Gasteiger partial charge on any atom is 0.414 e. The summed E-state index contributed by atoms with van der Waals surface area (Å²) >= 11 is 0. The van der Waals surface area contributed by atoms with Crippen LogP contribution in [0.4, 0.5) is 10.1 Å². The number of aromatic hydroxyl groups is 1. The highest BCUT2D eigenvalue weighted by molar-refractivity contribution is 6.27. The first-order valence-corrected chi connectivity index (χ1v) is 12.5. The van der Waals surface area contributed by atoms with Gasteiger partial charge >= 0.3 is 11.9 Å². The molecule has 212 valence electrons. The predicted octanol–water partition coefficient (Wildman–Crippen LogP) is 2.26. The minimum Gasteiger partial charge on any atom is -0.502 e. The Morgan fingerprint density at radius 2 is 1.44 bits per heavy atom. The summed E-state index contributed by atoms with van der Waals surface area (Å²) in [6.07, 6.45) is 1.64. The van der Waals surface area contributed by atoms with Crippen LogP contribution in [-0.4, -0.2) is 96.5 Å². The number of hydrogen-bond donors (Lipinski definition) is 3. The number of para-hydroxylation sites is 1. The number of carbonyl (C=O) groups excluding carboxylic acids is 1. The first-order chi connectivity index (χ1) is 18.6. The zero-order valence-corrected chi connectivity index (χ0v) is 22.0. The summed E-state index contributed by atoms with van der Waals surface area (Å²) in [6.45, 7) is 4.91. The molecular formula is C27H34FN3O8. The number of amides is 1. The van der Waals surface area contributed by atoms with E-state index in [1.165, 1.54) is 20.3 Å². The number of piperazine rings is 1. The van der Waals surface area contributed by atoms with Crippen molar-refractivity contribution in [2.75, 3.05) is 58.4 Å². The lowest BCUT2D eigenvalue weighted by molar-refractivity contribution is -0.159. The number of aliphatic carboxylic acids is 2. The van der Waals surface area contributed by atoms with Crippen LogP contribution in [0.1, 0.15) is 18.4 Å². The van der Waals surface area contributed by atoms with Crippen LogP contribution in [0, 0.1) is 11.7 Å². The van der Waals surface area contributed by atoms with Crippen molar-refractivity contribution in [3.63, 3.8) is 0 Å². The molecule has 2 fully saturated rings. The largest absolute Gasteiger partial charge is 0.502 e. The van der Waals surface area contributed by atoms with Crippen LogP contribution in [0.25, 0.3) is 0 Å². The number of nitrogens with zero attached hydrogens (tertiary/aromatic N) is 3. The van der Waals surface area contributed by atoms with Crippen molar-refractivity contribution >= 4 is 23.5 Å². The summed E-state index contributed by atoms with van der Waals surface area (Å²) < 4.78 is 24.6. The van der Waals surface area contributed by atoms with E-state index in [9.17, 15) is 14.3 Å². The zero-order chi connectivity index (χ0) is 28.5. The van der Waals surface area contributed by atoms with E-state index in [0.717, 1.165) is 31.5 Å². The smallest absolute Gasteiger partial charge is 0.414 e. The Labute approximate surface area is 225 Å². The van der Waals surface area contributed by atoms with Crippen LogP contribution in [-0.2, 0) is 20.9 Å². The van der Waals surface area contributed by atoms with Gasteiger partial charge in [0, 0.05) is 38.6 Å². The molecule has 0 spiro atoms. The summed E-state index contributed by atoms with van der Waals surface area (Å²) in [6, 6.07) is 10.5. The molecular weight excluding hydrogens is 513 g/mol. The molecule has 2 heterocycles.